The fourth-order valence-electron chi connectivity index (χ4n) is 4.80. The Morgan fingerprint density at radius 2 is 1.22 bits per heavy atom. The summed E-state index contributed by atoms with van der Waals surface area (Å²) in [6, 6.07) is 8.07. The minimum absolute atomic E-state index is 0.00395. The van der Waals surface area contributed by atoms with Crippen molar-refractivity contribution in [3.8, 4) is 0 Å². The molecule has 0 saturated carbocycles. The number of hydrogen-bond acceptors (Lipinski definition) is 14. The maximum absolute atomic E-state index is 12.2. The Balaban J connectivity index is -0.000000518. The van der Waals surface area contributed by atoms with Gasteiger partial charge < -0.3 is 71.4 Å². The first-order valence-corrected chi connectivity index (χ1v) is 22.5. The van der Waals surface area contributed by atoms with Gasteiger partial charge in [-0.25, -0.2) is 4.79 Å². The molecule has 3 atom stereocenters. The molecule has 0 aromatic heterocycles. The normalized spacial score (nSPS) is 11.6. The van der Waals surface area contributed by atoms with Crippen LogP contribution in [0.3, 0.4) is 0 Å². The Morgan fingerprint density at radius 1 is 0.703 bits per heavy atom. The fraction of sp³-hybridized carbons (Fsp3) is 0.733. The number of carbonyl (C=O) groups excluding carboxylic acids is 6. The van der Waals surface area contributed by atoms with Gasteiger partial charge in [0.05, 0.1) is 71.0 Å². The second-order valence-corrected chi connectivity index (χ2v) is 14.0. The van der Waals surface area contributed by atoms with Crippen LogP contribution in [0.4, 0.5) is 4.79 Å². The monoisotopic (exact) mass is 917 g/mol. The smallest absolute Gasteiger partial charge is 0.312 e. The lowest BCUT2D eigenvalue weighted by Gasteiger charge is -2.16. The van der Waals surface area contributed by atoms with E-state index in [0.29, 0.717) is 78.8 Å². The minimum atomic E-state index is -0.555. The molecule has 5 amide bonds. The van der Waals surface area contributed by atoms with Crippen molar-refractivity contribution in [1.29, 1.82) is 0 Å². The van der Waals surface area contributed by atoms with E-state index in [4.69, 9.17) is 35.2 Å². The number of nitrogens with two attached hydrogens (primary N) is 2. The summed E-state index contributed by atoms with van der Waals surface area (Å²) in [6.07, 6.45) is 5.10. The molecule has 0 aliphatic rings. The number of aldehydes is 1. The molecule has 0 heterocycles. The summed E-state index contributed by atoms with van der Waals surface area (Å²) >= 11 is 0. The maximum Gasteiger partial charge on any atom is 0.312 e. The van der Waals surface area contributed by atoms with E-state index in [-0.39, 0.29) is 54.7 Å². The summed E-state index contributed by atoms with van der Waals surface area (Å²) in [5.74, 6) is -0.765. The highest BCUT2D eigenvalue weighted by Gasteiger charge is 2.16. The number of amides is 5. The maximum atomic E-state index is 12.2. The van der Waals surface area contributed by atoms with Gasteiger partial charge in [-0.3, -0.25) is 19.2 Å². The van der Waals surface area contributed by atoms with E-state index >= 15 is 0 Å². The van der Waals surface area contributed by atoms with E-state index < -0.39 is 12.1 Å². The minimum Gasteiger partial charge on any atom is -0.461 e. The van der Waals surface area contributed by atoms with Crippen molar-refractivity contribution in [2.45, 2.75) is 112 Å². The first kappa shape index (κ1) is 66.4. The van der Waals surface area contributed by atoms with Crippen molar-refractivity contribution in [3.63, 3.8) is 0 Å². The number of ether oxygens (including phenoxy) is 5. The zero-order chi connectivity index (χ0) is 49.4. The molecule has 0 bridgehead atoms. The first-order chi connectivity index (χ1) is 30.7. The van der Waals surface area contributed by atoms with Crippen molar-refractivity contribution in [2.75, 3.05) is 101 Å². The van der Waals surface area contributed by atoms with Crippen LogP contribution in [-0.4, -0.2) is 160 Å². The number of urea groups is 1. The lowest BCUT2D eigenvalue weighted by Crippen LogP contribution is -2.43. The predicted molar refractivity (Wildman–Crippen MR) is 252 cm³/mol. The molecule has 19 nitrogen and oxygen atoms in total. The quantitative estimate of drug-likeness (QED) is 0.0304. The second kappa shape index (κ2) is 49.8. The first-order valence-electron chi connectivity index (χ1n) is 22.5. The molecule has 64 heavy (non-hydrogen) atoms. The molecule has 1 aromatic rings. The SMILES string of the molecule is CC.CC.CC(=O)OCc1ccccc1.CNC(CCCCN(C)C)C(=O)NCCOCCOCCOCCOCCC(=O)NC(C=O)C(C)C.CNC(CCCNC(N)=O)C(N)=O. The third-order valence-electron chi connectivity index (χ3n) is 8.29. The van der Waals surface area contributed by atoms with E-state index in [9.17, 15) is 28.8 Å². The molecule has 0 fully saturated rings. The Bertz CT molecular complexity index is 1260. The Kier molecular flexibility index (Phi) is 51.6. The number of hydrogen-bond donors (Lipinski definition) is 7. The van der Waals surface area contributed by atoms with Gasteiger partial charge in [-0.1, -0.05) is 78.3 Å². The molecule has 1 aromatic carbocycles. The van der Waals surface area contributed by atoms with Crippen molar-refractivity contribution in [1.82, 2.24) is 31.5 Å². The highest BCUT2D eigenvalue weighted by Crippen LogP contribution is 2.03. The molecular formula is C45H88N8O11. The number of likely N-dealkylation sites (N-methyl/N-ethyl adjacent to an activating group) is 2. The number of rotatable bonds is 33. The van der Waals surface area contributed by atoms with E-state index in [2.05, 4.69) is 31.5 Å². The summed E-state index contributed by atoms with van der Waals surface area (Å²) in [5.41, 5.74) is 10.9. The lowest BCUT2D eigenvalue weighted by atomic mass is 10.1. The summed E-state index contributed by atoms with van der Waals surface area (Å²) in [7, 11) is 7.57. The Morgan fingerprint density at radius 3 is 1.67 bits per heavy atom. The van der Waals surface area contributed by atoms with Crippen LogP contribution in [-0.2, 0) is 54.3 Å². The van der Waals surface area contributed by atoms with Crippen LogP contribution in [0.1, 0.15) is 92.6 Å². The number of primary amides is 2. The molecule has 9 N–H and O–H groups in total. The van der Waals surface area contributed by atoms with Gasteiger partial charge in [0, 0.05) is 26.4 Å². The van der Waals surface area contributed by atoms with E-state index in [0.717, 1.165) is 37.7 Å². The van der Waals surface area contributed by atoms with Crippen LogP contribution in [0.15, 0.2) is 30.3 Å². The number of unbranched alkanes of at least 4 members (excludes halogenated alkanes) is 1. The third-order valence-corrected chi connectivity index (χ3v) is 8.29. The highest BCUT2D eigenvalue weighted by atomic mass is 16.6. The topological polar surface area (TPSA) is 264 Å². The molecule has 0 aliphatic heterocycles. The van der Waals surface area contributed by atoms with Crippen LogP contribution in [0.2, 0.25) is 0 Å². The third kappa shape index (κ3) is 47.2. The molecule has 374 valence electrons. The zero-order valence-electron chi connectivity index (χ0n) is 41.1. The number of nitrogens with one attached hydrogen (secondary N) is 5. The Hall–Kier alpha value is -4.24. The largest absolute Gasteiger partial charge is 0.461 e. The molecule has 0 radical (unpaired) electrons. The summed E-state index contributed by atoms with van der Waals surface area (Å²) in [6.45, 7) is 18.8. The van der Waals surface area contributed by atoms with Gasteiger partial charge >= 0.3 is 12.0 Å². The molecule has 0 aliphatic carbocycles. The van der Waals surface area contributed by atoms with Gasteiger partial charge in [0.2, 0.25) is 17.7 Å². The van der Waals surface area contributed by atoms with Gasteiger partial charge in [-0.2, -0.15) is 0 Å². The van der Waals surface area contributed by atoms with Gasteiger partial charge in [-0.05, 0) is 71.9 Å². The van der Waals surface area contributed by atoms with Crippen LogP contribution < -0.4 is 38.1 Å². The van der Waals surface area contributed by atoms with E-state index in [1.807, 2.05) is 93.0 Å². The van der Waals surface area contributed by atoms with Crippen molar-refractivity contribution in [2.24, 2.45) is 17.4 Å². The molecule has 19 heteroatoms. The number of nitrogens with zero attached hydrogens (tertiary/aromatic N) is 1. The van der Waals surface area contributed by atoms with Gasteiger partial charge in [0.25, 0.3) is 0 Å². The number of esters is 1. The zero-order valence-corrected chi connectivity index (χ0v) is 41.1. The van der Waals surface area contributed by atoms with Gasteiger partial charge in [-0.15, -0.1) is 0 Å². The lowest BCUT2D eigenvalue weighted by molar-refractivity contribution is -0.142. The van der Waals surface area contributed by atoms with Crippen LogP contribution >= 0.6 is 0 Å². The standard InChI is InChI=1S/C25H50N4O7.C9H10O2.C7H16N4O2.2C2H6/c1-21(2)23(20-30)28-24(31)9-12-33-14-16-35-18-19-36-17-15-34-13-10-27-25(32)22(26-3)8-6-7-11-29(4)5;1-8(10)11-7-9-5-3-2-4-6-9;1-10-5(6(8)12)3-2-4-11-7(9)13;2*1-2/h20-23,26H,6-19H2,1-5H3,(H,27,32)(H,28,31);2-6H,7H2,1H3;5,10H,2-4H2,1H3,(H2,8,12)(H3,9,11,13);2*1-2H3. The molecular weight excluding hydrogens is 829 g/mol. The van der Waals surface area contributed by atoms with Crippen molar-refractivity contribution in [3.05, 3.63) is 35.9 Å². The van der Waals surface area contributed by atoms with Gasteiger partial charge in [0.1, 0.15) is 12.9 Å². The average Bonchev–Trinajstić information content (AvgIpc) is 3.27. The van der Waals surface area contributed by atoms with Crippen molar-refractivity contribution < 1.29 is 52.5 Å². The molecule has 0 saturated heterocycles. The summed E-state index contributed by atoms with van der Waals surface area (Å²) in [5, 5.41) is 13.8. The fourth-order valence-corrected chi connectivity index (χ4v) is 4.80. The van der Waals surface area contributed by atoms with Crippen LogP contribution in [0.5, 0.6) is 0 Å². The summed E-state index contributed by atoms with van der Waals surface area (Å²) in [4.78, 5) is 68.3. The number of carbonyl (C=O) groups is 6. The predicted octanol–water partition coefficient (Wildman–Crippen LogP) is 2.53. The van der Waals surface area contributed by atoms with Crippen LogP contribution in [0.25, 0.3) is 0 Å². The Labute approximate surface area is 384 Å². The van der Waals surface area contributed by atoms with Gasteiger partial charge in [0.15, 0.2) is 0 Å². The van der Waals surface area contributed by atoms with E-state index in [1.165, 1.54) is 6.92 Å². The highest BCUT2D eigenvalue weighted by molar-refractivity contribution is 5.81. The molecule has 0 spiro atoms. The average molecular weight is 917 g/mol. The second-order valence-electron chi connectivity index (χ2n) is 14.0. The van der Waals surface area contributed by atoms with E-state index in [1.54, 1.807) is 7.05 Å². The number of benzene rings is 1. The summed E-state index contributed by atoms with van der Waals surface area (Å²) < 4.78 is 26.5. The molecule has 1 rings (SSSR count). The van der Waals surface area contributed by atoms with Crippen molar-refractivity contribution >= 4 is 36.0 Å². The molecule has 3 unspecified atom stereocenters. The van der Waals surface area contributed by atoms with Crippen LogP contribution in [0, 0.1) is 5.92 Å².